The van der Waals surface area contributed by atoms with E-state index in [1.165, 1.54) is 18.7 Å². The highest BCUT2D eigenvalue weighted by molar-refractivity contribution is 6.11. The lowest BCUT2D eigenvalue weighted by Crippen LogP contribution is -2.59. The molecule has 0 aromatic heterocycles. The molecule has 3 N–H and O–H groups in total. The molecule has 220 valence electrons. The van der Waals surface area contributed by atoms with E-state index in [0.717, 1.165) is 0 Å². The Hall–Kier alpha value is -3.70. The summed E-state index contributed by atoms with van der Waals surface area (Å²) in [5, 5.41) is 13.6. The SMILES string of the molecule is CC(C)[C@H](NC(=O)CC(=O)O)C(=O)N1CCCC1C(=O)N[C@H](C(=O)C(F)(F)C(=O)CCc1ccccc1)C(C)C. The maximum atomic E-state index is 15.0. The van der Waals surface area contributed by atoms with Gasteiger partial charge in [0.15, 0.2) is 0 Å². The number of benzene rings is 1. The number of rotatable bonds is 14. The van der Waals surface area contributed by atoms with E-state index < -0.39 is 84.0 Å². The zero-order valence-electron chi connectivity index (χ0n) is 23.1. The van der Waals surface area contributed by atoms with Gasteiger partial charge in [-0.05, 0) is 36.7 Å². The molecular formula is C28H37F2N3O7. The first kappa shape index (κ1) is 32.5. The van der Waals surface area contributed by atoms with Crippen LogP contribution in [0.25, 0.3) is 0 Å². The Kier molecular flexibility index (Phi) is 11.4. The van der Waals surface area contributed by atoms with E-state index in [0.29, 0.717) is 12.0 Å². The molecule has 0 spiro atoms. The maximum Gasteiger partial charge on any atom is 0.364 e. The predicted molar refractivity (Wildman–Crippen MR) is 140 cm³/mol. The van der Waals surface area contributed by atoms with Crippen LogP contribution in [0.5, 0.6) is 0 Å². The van der Waals surface area contributed by atoms with Crippen molar-refractivity contribution < 1.29 is 42.7 Å². The molecule has 1 saturated heterocycles. The molecule has 0 aliphatic carbocycles. The van der Waals surface area contributed by atoms with Gasteiger partial charge >= 0.3 is 11.9 Å². The summed E-state index contributed by atoms with van der Waals surface area (Å²) in [5.74, 6) is -12.5. The number of alkyl halides is 2. The van der Waals surface area contributed by atoms with Crippen LogP contribution in [0.15, 0.2) is 30.3 Å². The second-order valence-electron chi connectivity index (χ2n) is 10.6. The molecule has 10 nitrogen and oxygen atoms in total. The number of nitrogens with zero attached hydrogens (tertiary/aromatic N) is 1. The van der Waals surface area contributed by atoms with Crippen LogP contribution in [-0.4, -0.2) is 75.9 Å². The van der Waals surface area contributed by atoms with Gasteiger partial charge in [-0.3, -0.25) is 28.8 Å². The van der Waals surface area contributed by atoms with Crippen LogP contribution >= 0.6 is 0 Å². The number of halogens is 2. The standard InChI is InChI=1S/C28H37F2N3O7/c1-16(2)23(25(38)28(29,30)20(34)13-12-18-9-6-5-7-10-18)32-26(39)19-11-8-14-33(19)27(40)24(17(3)4)31-21(35)15-22(36)37/h5-7,9-10,16-17,19,23-24H,8,11-15H2,1-4H3,(H,31,35)(H,32,39)(H,36,37)/t19?,23-,24-/m0/s1. The number of ketones is 2. The van der Waals surface area contributed by atoms with Gasteiger partial charge < -0.3 is 20.6 Å². The van der Waals surface area contributed by atoms with Crippen molar-refractivity contribution in [3.63, 3.8) is 0 Å². The quantitative estimate of drug-likeness (QED) is 0.293. The molecule has 1 aliphatic heterocycles. The minimum atomic E-state index is -4.32. The number of likely N-dealkylation sites (tertiary alicyclic amines) is 1. The first-order valence-corrected chi connectivity index (χ1v) is 13.3. The van der Waals surface area contributed by atoms with Gasteiger partial charge in [-0.2, -0.15) is 8.78 Å². The number of carboxylic acid groups (broad SMARTS) is 1. The molecule has 1 fully saturated rings. The lowest BCUT2D eigenvalue weighted by molar-refractivity contribution is -0.160. The first-order chi connectivity index (χ1) is 18.7. The molecule has 12 heteroatoms. The van der Waals surface area contributed by atoms with Crippen LogP contribution < -0.4 is 10.6 Å². The fraction of sp³-hybridized carbons (Fsp3) is 0.571. The zero-order chi connectivity index (χ0) is 30.2. The number of Topliss-reactive ketones (excluding diaryl/α,β-unsaturated/α-hetero) is 2. The molecule has 1 aliphatic rings. The Bertz CT molecular complexity index is 1110. The van der Waals surface area contributed by atoms with Gasteiger partial charge in [0.2, 0.25) is 29.3 Å². The van der Waals surface area contributed by atoms with E-state index in [9.17, 15) is 37.5 Å². The van der Waals surface area contributed by atoms with Gasteiger partial charge in [0, 0.05) is 13.0 Å². The topological polar surface area (TPSA) is 150 Å². The van der Waals surface area contributed by atoms with E-state index >= 15 is 0 Å². The van der Waals surface area contributed by atoms with E-state index in [1.54, 1.807) is 44.2 Å². The predicted octanol–water partition coefficient (Wildman–Crippen LogP) is 2.14. The van der Waals surface area contributed by atoms with Gasteiger partial charge in [-0.25, -0.2) is 0 Å². The average Bonchev–Trinajstić information content (AvgIpc) is 3.38. The number of hydrogen-bond acceptors (Lipinski definition) is 6. The van der Waals surface area contributed by atoms with Gasteiger partial charge in [-0.15, -0.1) is 0 Å². The summed E-state index contributed by atoms with van der Waals surface area (Å²) in [6.07, 6.45) is -0.767. The number of aliphatic carboxylic acids is 1. The van der Waals surface area contributed by atoms with Crippen LogP contribution in [0.1, 0.15) is 58.9 Å². The third kappa shape index (κ3) is 8.40. The third-order valence-corrected chi connectivity index (χ3v) is 6.79. The molecule has 1 aromatic rings. The van der Waals surface area contributed by atoms with E-state index in [1.807, 2.05) is 0 Å². The highest BCUT2D eigenvalue weighted by atomic mass is 19.3. The Morgan fingerprint density at radius 2 is 1.57 bits per heavy atom. The molecule has 0 radical (unpaired) electrons. The molecule has 2 rings (SSSR count). The van der Waals surface area contributed by atoms with Crippen molar-refractivity contribution in [2.24, 2.45) is 11.8 Å². The summed E-state index contributed by atoms with van der Waals surface area (Å²) in [4.78, 5) is 75.7. The number of carboxylic acids is 1. The minimum absolute atomic E-state index is 0.0282. The van der Waals surface area contributed by atoms with Crippen molar-refractivity contribution in [3.05, 3.63) is 35.9 Å². The van der Waals surface area contributed by atoms with E-state index in [-0.39, 0.29) is 19.4 Å². The number of amides is 3. The van der Waals surface area contributed by atoms with Crippen LogP contribution in [-0.2, 0) is 35.2 Å². The van der Waals surface area contributed by atoms with Gasteiger partial charge in [0.25, 0.3) is 0 Å². The molecule has 1 aromatic carbocycles. The molecule has 1 unspecified atom stereocenters. The van der Waals surface area contributed by atoms with Crippen LogP contribution in [0, 0.1) is 11.8 Å². The molecule has 3 atom stereocenters. The lowest BCUT2D eigenvalue weighted by Gasteiger charge is -2.32. The van der Waals surface area contributed by atoms with Crippen molar-refractivity contribution in [2.75, 3.05) is 6.54 Å². The Morgan fingerprint density at radius 1 is 0.975 bits per heavy atom. The lowest BCUT2D eigenvalue weighted by atomic mass is 9.92. The van der Waals surface area contributed by atoms with Crippen molar-refractivity contribution in [3.8, 4) is 0 Å². The van der Waals surface area contributed by atoms with Crippen molar-refractivity contribution in [2.45, 2.75) is 83.8 Å². The van der Waals surface area contributed by atoms with Crippen molar-refractivity contribution in [1.29, 1.82) is 0 Å². The highest BCUT2D eigenvalue weighted by Crippen LogP contribution is 2.25. The summed E-state index contributed by atoms with van der Waals surface area (Å²) in [7, 11) is 0. The van der Waals surface area contributed by atoms with Crippen LogP contribution in [0.2, 0.25) is 0 Å². The smallest absolute Gasteiger partial charge is 0.364 e. The largest absolute Gasteiger partial charge is 0.481 e. The summed E-state index contributed by atoms with van der Waals surface area (Å²) in [6.45, 7) is 6.33. The molecule has 3 amide bonds. The van der Waals surface area contributed by atoms with Crippen LogP contribution in [0.4, 0.5) is 8.78 Å². The summed E-state index contributed by atoms with van der Waals surface area (Å²) >= 11 is 0. The van der Waals surface area contributed by atoms with Gasteiger partial charge in [-0.1, -0.05) is 58.0 Å². The number of aryl methyl sites for hydroxylation is 1. The zero-order valence-corrected chi connectivity index (χ0v) is 23.1. The third-order valence-electron chi connectivity index (χ3n) is 6.79. The number of carbonyl (C=O) groups excluding carboxylic acids is 5. The summed E-state index contributed by atoms with van der Waals surface area (Å²) in [5.41, 5.74) is 0.664. The maximum absolute atomic E-state index is 15.0. The summed E-state index contributed by atoms with van der Waals surface area (Å²) in [6, 6.07) is 4.63. The Morgan fingerprint density at radius 3 is 2.12 bits per heavy atom. The van der Waals surface area contributed by atoms with E-state index in [4.69, 9.17) is 5.11 Å². The number of nitrogens with one attached hydrogen (secondary N) is 2. The van der Waals surface area contributed by atoms with Crippen molar-refractivity contribution >= 4 is 35.3 Å². The second kappa shape index (κ2) is 14.1. The first-order valence-electron chi connectivity index (χ1n) is 13.3. The monoisotopic (exact) mass is 565 g/mol. The van der Waals surface area contributed by atoms with Crippen LogP contribution in [0.3, 0.4) is 0 Å². The van der Waals surface area contributed by atoms with E-state index in [2.05, 4.69) is 10.6 Å². The second-order valence-corrected chi connectivity index (χ2v) is 10.6. The number of hydrogen-bond donors (Lipinski definition) is 3. The Balaban J connectivity index is 2.14. The van der Waals surface area contributed by atoms with Gasteiger partial charge in [0.05, 0.1) is 6.04 Å². The number of carbonyl (C=O) groups is 6. The van der Waals surface area contributed by atoms with Crippen molar-refractivity contribution in [1.82, 2.24) is 15.5 Å². The molecule has 0 bridgehead atoms. The normalized spacial score (nSPS) is 16.9. The fourth-order valence-corrected chi connectivity index (χ4v) is 4.53. The Labute approximate surface area is 231 Å². The fourth-order valence-electron chi connectivity index (χ4n) is 4.53. The summed E-state index contributed by atoms with van der Waals surface area (Å²) < 4.78 is 29.9. The van der Waals surface area contributed by atoms with Gasteiger partial charge in [0.1, 0.15) is 18.5 Å². The molecule has 1 heterocycles. The minimum Gasteiger partial charge on any atom is -0.481 e. The average molecular weight is 566 g/mol. The highest BCUT2D eigenvalue weighted by Gasteiger charge is 2.51. The molecule has 40 heavy (non-hydrogen) atoms. The molecular weight excluding hydrogens is 528 g/mol. The molecule has 0 saturated carbocycles.